The molecule has 2 heterocycles. The van der Waals surface area contributed by atoms with Gasteiger partial charge >= 0.3 is 0 Å². The highest BCUT2D eigenvalue weighted by Gasteiger charge is 2.27. The molecule has 4 rings (SSSR count). The van der Waals surface area contributed by atoms with Gasteiger partial charge in [-0.1, -0.05) is 17.7 Å². The van der Waals surface area contributed by atoms with Crippen molar-refractivity contribution in [3.05, 3.63) is 70.5 Å². The van der Waals surface area contributed by atoms with Crippen molar-refractivity contribution < 1.29 is 9.53 Å². The third kappa shape index (κ3) is 5.26. The second-order valence-electron chi connectivity index (χ2n) is 7.72. The minimum absolute atomic E-state index is 0. The van der Waals surface area contributed by atoms with E-state index in [1.165, 1.54) is 0 Å². The number of nitrogens with one attached hydrogen (secondary N) is 2. The number of aryl methyl sites for hydroxylation is 1. The first-order valence-electron chi connectivity index (χ1n) is 10.7. The number of aromatic nitrogens is 2. The molecule has 2 aromatic carbocycles. The molecule has 1 amide bonds. The number of halogens is 2. The zero-order valence-corrected chi connectivity index (χ0v) is 19.8. The molecule has 6 nitrogen and oxygen atoms in total. The van der Waals surface area contributed by atoms with Crippen molar-refractivity contribution in [3.63, 3.8) is 0 Å². The van der Waals surface area contributed by atoms with Crippen molar-refractivity contribution in [2.24, 2.45) is 0 Å². The summed E-state index contributed by atoms with van der Waals surface area (Å²) in [6.45, 7) is 6.36. The number of hydrogen-bond acceptors (Lipinski definition) is 4. The number of benzene rings is 2. The topological polar surface area (TPSA) is 68.2 Å². The summed E-state index contributed by atoms with van der Waals surface area (Å²) >= 11 is 6.37. The van der Waals surface area contributed by atoms with E-state index in [-0.39, 0.29) is 24.2 Å². The van der Waals surface area contributed by atoms with Gasteiger partial charge in [0, 0.05) is 16.6 Å². The zero-order valence-electron chi connectivity index (χ0n) is 18.2. The average molecular weight is 475 g/mol. The molecule has 1 saturated heterocycles. The van der Waals surface area contributed by atoms with E-state index >= 15 is 0 Å². The first kappa shape index (κ1) is 24.1. The molecular weight excluding hydrogens is 447 g/mol. The Bertz CT molecular complexity index is 1060. The molecule has 32 heavy (non-hydrogen) atoms. The van der Waals surface area contributed by atoms with Crippen molar-refractivity contribution >= 4 is 35.6 Å². The van der Waals surface area contributed by atoms with Gasteiger partial charge in [-0.15, -0.1) is 12.4 Å². The number of ether oxygens (including phenoxy) is 1. The number of anilines is 1. The summed E-state index contributed by atoms with van der Waals surface area (Å²) in [6.07, 6.45) is 3.57. The van der Waals surface area contributed by atoms with Crippen LogP contribution in [-0.4, -0.2) is 35.4 Å². The van der Waals surface area contributed by atoms with Crippen LogP contribution in [0, 0.1) is 6.92 Å². The quantitative estimate of drug-likeness (QED) is 0.503. The molecule has 3 aromatic rings. The highest BCUT2D eigenvalue weighted by molar-refractivity contribution is 6.31. The van der Waals surface area contributed by atoms with Crippen molar-refractivity contribution in [1.29, 1.82) is 0 Å². The Kier molecular flexibility index (Phi) is 8.18. The lowest BCUT2D eigenvalue weighted by atomic mass is 9.91. The van der Waals surface area contributed by atoms with Gasteiger partial charge in [0.25, 0.3) is 5.91 Å². The van der Waals surface area contributed by atoms with E-state index < -0.39 is 0 Å². The van der Waals surface area contributed by atoms with Gasteiger partial charge in [-0.25, -0.2) is 4.68 Å². The van der Waals surface area contributed by atoms with Gasteiger partial charge in [-0.05, 0) is 81.7 Å². The number of rotatable bonds is 6. The van der Waals surface area contributed by atoms with Gasteiger partial charge in [-0.2, -0.15) is 5.10 Å². The van der Waals surface area contributed by atoms with Gasteiger partial charge in [0.2, 0.25) is 0 Å². The minimum Gasteiger partial charge on any atom is -0.494 e. The van der Waals surface area contributed by atoms with E-state index in [0.717, 1.165) is 54.3 Å². The largest absolute Gasteiger partial charge is 0.494 e. The molecular formula is C24H28Cl2N4O2. The van der Waals surface area contributed by atoms with Crippen LogP contribution < -0.4 is 15.4 Å². The predicted octanol–water partition coefficient (Wildman–Crippen LogP) is 5.37. The molecule has 8 heteroatoms. The summed E-state index contributed by atoms with van der Waals surface area (Å²) in [5.41, 5.74) is 4.12. The number of nitrogens with zero attached hydrogens (tertiary/aromatic N) is 2. The second-order valence-corrected chi connectivity index (χ2v) is 8.13. The van der Waals surface area contributed by atoms with E-state index in [4.69, 9.17) is 16.3 Å². The van der Waals surface area contributed by atoms with Gasteiger partial charge in [0.15, 0.2) is 0 Å². The van der Waals surface area contributed by atoms with Gasteiger partial charge in [0.1, 0.15) is 5.75 Å². The van der Waals surface area contributed by atoms with E-state index in [9.17, 15) is 4.79 Å². The zero-order chi connectivity index (χ0) is 21.8. The Hall–Kier alpha value is -2.54. The number of hydrogen-bond donors (Lipinski definition) is 2. The van der Waals surface area contributed by atoms with Crippen LogP contribution in [0.25, 0.3) is 5.69 Å². The molecule has 1 aliphatic heterocycles. The van der Waals surface area contributed by atoms with Crippen LogP contribution in [0.2, 0.25) is 5.02 Å². The monoisotopic (exact) mass is 474 g/mol. The number of carbonyl (C=O) groups excluding carboxylic acids is 1. The molecule has 0 spiro atoms. The molecule has 0 saturated carbocycles. The fraction of sp³-hybridized carbons (Fsp3) is 0.333. The first-order chi connectivity index (χ1) is 15.1. The number of piperidine rings is 1. The van der Waals surface area contributed by atoms with Gasteiger partial charge in [0.05, 0.1) is 29.7 Å². The van der Waals surface area contributed by atoms with Crippen LogP contribution in [-0.2, 0) is 0 Å². The van der Waals surface area contributed by atoms with Crippen LogP contribution in [0.3, 0.4) is 0 Å². The summed E-state index contributed by atoms with van der Waals surface area (Å²) in [6, 6.07) is 13.3. The molecule has 0 aliphatic carbocycles. The first-order valence-corrected chi connectivity index (χ1v) is 11.0. The third-order valence-corrected chi connectivity index (χ3v) is 6.01. The summed E-state index contributed by atoms with van der Waals surface area (Å²) in [7, 11) is 0. The Morgan fingerprint density at radius 2 is 1.94 bits per heavy atom. The van der Waals surface area contributed by atoms with E-state index in [2.05, 4.69) is 15.7 Å². The van der Waals surface area contributed by atoms with Crippen LogP contribution in [0.5, 0.6) is 5.75 Å². The van der Waals surface area contributed by atoms with Crippen molar-refractivity contribution in [2.75, 3.05) is 25.0 Å². The van der Waals surface area contributed by atoms with E-state index in [1.807, 2.05) is 61.0 Å². The van der Waals surface area contributed by atoms with Crippen LogP contribution in [0.1, 0.15) is 47.3 Å². The fourth-order valence-corrected chi connectivity index (χ4v) is 4.11. The highest BCUT2D eigenvalue weighted by Crippen LogP contribution is 2.32. The standard InChI is InChI=1S/C24H27ClN4O2.ClH/c1-3-31-20-8-5-18(6-9-20)28-24(30)21-15-27-29(19-7-4-16(2)22(25)14-19)23(21)17-10-12-26-13-11-17;/h4-9,14-15,17,26H,3,10-13H2,1-2H3,(H,28,30);1H. The molecule has 0 radical (unpaired) electrons. The second kappa shape index (κ2) is 10.9. The SMILES string of the molecule is CCOc1ccc(NC(=O)c2cnn(-c3ccc(C)c(Cl)c3)c2C2CCNCC2)cc1.Cl. The summed E-state index contributed by atoms with van der Waals surface area (Å²) in [5.74, 6) is 0.854. The van der Waals surface area contributed by atoms with Crippen LogP contribution >= 0.6 is 24.0 Å². The molecule has 170 valence electrons. The van der Waals surface area contributed by atoms with Crippen molar-refractivity contribution in [1.82, 2.24) is 15.1 Å². The number of carbonyl (C=O) groups is 1. The maximum atomic E-state index is 13.2. The van der Waals surface area contributed by atoms with Crippen LogP contribution in [0.4, 0.5) is 5.69 Å². The Labute approximate surface area is 199 Å². The van der Waals surface area contributed by atoms with E-state index in [1.54, 1.807) is 6.20 Å². The number of amides is 1. The third-order valence-electron chi connectivity index (χ3n) is 5.60. The maximum Gasteiger partial charge on any atom is 0.259 e. The van der Waals surface area contributed by atoms with Crippen LogP contribution in [0.15, 0.2) is 48.7 Å². The Morgan fingerprint density at radius 1 is 1.22 bits per heavy atom. The maximum absolute atomic E-state index is 13.2. The summed E-state index contributed by atoms with van der Waals surface area (Å²) in [5, 5.41) is 11.7. The molecule has 1 aliphatic rings. The van der Waals surface area contributed by atoms with Crippen molar-refractivity contribution in [3.8, 4) is 11.4 Å². The Morgan fingerprint density at radius 3 is 2.59 bits per heavy atom. The van der Waals surface area contributed by atoms with Gasteiger partial charge < -0.3 is 15.4 Å². The van der Waals surface area contributed by atoms with Crippen molar-refractivity contribution in [2.45, 2.75) is 32.6 Å². The lowest BCUT2D eigenvalue weighted by Crippen LogP contribution is -2.29. The average Bonchev–Trinajstić information content (AvgIpc) is 3.23. The molecule has 2 N–H and O–H groups in total. The smallest absolute Gasteiger partial charge is 0.259 e. The molecule has 1 aromatic heterocycles. The molecule has 0 bridgehead atoms. The summed E-state index contributed by atoms with van der Waals surface area (Å²) < 4.78 is 7.35. The van der Waals surface area contributed by atoms with Gasteiger partial charge in [-0.3, -0.25) is 4.79 Å². The molecule has 0 unspecified atom stereocenters. The lowest BCUT2D eigenvalue weighted by Gasteiger charge is -2.25. The van der Waals surface area contributed by atoms with E-state index in [0.29, 0.717) is 17.2 Å². The summed E-state index contributed by atoms with van der Waals surface area (Å²) in [4.78, 5) is 13.2. The minimum atomic E-state index is -0.165. The fourth-order valence-electron chi connectivity index (χ4n) is 3.94. The molecule has 0 atom stereocenters. The molecule has 1 fully saturated rings. The Balaban J connectivity index is 0.00000289. The predicted molar refractivity (Wildman–Crippen MR) is 131 cm³/mol. The highest BCUT2D eigenvalue weighted by atomic mass is 35.5. The normalized spacial score (nSPS) is 14.0. The lowest BCUT2D eigenvalue weighted by molar-refractivity contribution is 0.102.